The summed E-state index contributed by atoms with van der Waals surface area (Å²) in [7, 11) is 1.55. The van der Waals surface area contributed by atoms with Gasteiger partial charge < -0.3 is 15.2 Å². The summed E-state index contributed by atoms with van der Waals surface area (Å²) in [4.78, 5) is 0. The minimum Gasteiger partial charge on any atom is -0.497 e. The van der Waals surface area contributed by atoms with Crippen LogP contribution in [0.3, 0.4) is 0 Å². The van der Waals surface area contributed by atoms with Gasteiger partial charge in [-0.3, -0.25) is 0 Å². The first-order chi connectivity index (χ1) is 9.89. The summed E-state index contributed by atoms with van der Waals surface area (Å²) >= 11 is 0. The van der Waals surface area contributed by atoms with Gasteiger partial charge in [0.05, 0.1) is 13.2 Å². The van der Waals surface area contributed by atoms with Gasteiger partial charge in [-0.2, -0.15) is 0 Å². The molecule has 0 aliphatic carbocycles. The van der Waals surface area contributed by atoms with Crippen molar-refractivity contribution in [2.75, 3.05) is 7.11 Å². The Labute approximate surface area is 132 Å². The summed E-state index contributed by atoms with van der Waals surface area (Å²) in [6.45, 7) is 0. The summed E-state index contributed by atoms with van der Waals surface area (Å²) in [5, 5.41) is 0. The van der Waals surface area contributed by atoms with Crippen LogP contribution in [0.4, 0.5) is 13.2 Å². The van der Waals surface area contributed by atoms with Crippen molar-refractivity contribution in [1.82, 2.24) is 0 Å². The van der Waals surface area contributed by atoms with Gasteiger partial charge in [-0.05, 0) is 35.4 Å². The van der Waals surface area contributed by atoms with Crippen LogP contribution in [0.15, 0.2) is 48.5 Å². The van der Waals surface area contributed by atoms with E-state index >= 15 is 0 Å². The fourth-order valence-corrected chi connectivity index (χ4v) is 1.90. The van der Waals surface area contributed by atoms with E-state index in [9.17, 15) is 13.2 Å². The van der Waals surface area contributed by atoms with Gasteiger partial charge in [-0.15, -0.1) is 25.6 Å². The summed E-state index contributed by atoms with van der Waals surface area (Å²) in [6.07, 6.45) is -4.70. The van der Waals surface area contributed by atoms with Gasteiger partial charge in [0.1, 0.15) is 11.5 Å². The van der Waals surface area contributed by atoms with E-state index in [-0.39, 0.29) is 18.2 Å². The van der Waals surface area contributed by atoms with Gasteiger partial charge in [0.2, 0.25) is 0 Å². The minimum absolute atomic E-state index is 0. The Bertz CT molecular complexity index is 602. The first-order valence-electron chi connectivity index (χ1n) is 6.14. The monoisotopic (exact) mass is 333 g/mol. The lowest BCUT2D eigenvalue weighted by molar-refractivity contribution is -0.274. The molecule has 0 aromatic heterocycles. The van der Waals surface area contributed by atoms with Crippen LogP contribution in [0.2, 0.25) is 0 Å². The number of rotatable bonds is 4. The molecule has 0 radical (unpaired) electrons. The van der Waals surface area contributed by atoms with Crippen molar-refractivity contribution in [2.24, 2.45) is 5.73 Å². The van der Waals surface area contributed by atoms with E-state index in [1.54, 1.807) is 25.3 Å². The number of alkyl halides is 3. The Kier molecular flexibility index (Phi) is 6.08. The zero-order valence-corrected chi connectivity index (χ0v) is 12.4. The van der Waals surface area contributed by atoms with Crippen LogP contribution in [0.25, 0.3) is 0 Å². The van der Waals surface area contributed by atoms with Crippen LogP contribution in [0.5, 0.6) is 11.5 Å². The molecule has 22 heavy (non-hydrogen) atoms. The van der Waals surface area contributed by atoms with Gasteiger partial charge in [0, 0.05) is 0 Å². The lowest BCUT2D eigenvalue weighted by Gasteiger charge is -2.15. The quantitative estimate of drug-likeness (QED) is 0.917. The van der Waals surface area contributed by atoms with Gasteiger partial charge in [0.15, 0.2) is 0 Å². The van der Waals surface area contributed by atoms with Crippen molar-refractivity contribution in [1.29, 1.82) is 0 Å². The molecule has 0 amide bonds. The maximum atomic E-state index is 12.1. The average molecular weight is 334 g/mol. The lowest BCUT2D eigenvalue weighted by Crippen LogP contribution is -2.17. The molecule has 0 fully saturated rings. The van der Waals surface area contributed by atoms with Crippen LogP contribution in [-0.4, -0.2) is 13.5 Å². The van der Waals surface area contributed by atoms with Crippen LogP contribution in [0, 0.1) is 0 Å². The third-order valence-corrected chi connectivity index (χ3v) is 2.93. The molecule has 1 atom stereocenters. The maximum Gasteiger partial charge on any atom is 0.573 e. The molecule has 0 heterocycles. The number of methoxy groups -OCH3 is 1. The third-order valence-electron chi connectivity index (χ3n) is 2.93. The zero-order chi connectivity index (χ0) is 15.5. The standard InChI is InChI=1S/C15H14F3NO2.ClH/c1-20-13-4-2-3-11(9-13)14(19)10-5-7-12(8-6-10)21-15(16,17)18;/h2-9,14H,19H2,1H3;1H/t14-;/m1./s1. The second kappa shape index (κ2) is 7.38. The van der Waals surface area contributed by atoms with Crippen LogP contribution < -0.4 is 15.2 Å². The van der Waals surface area contributed by atoms with Crippen LogP contribution in [0.1, 0.15) is 17.2 Å². The van der Waals surface area contributed by atoms with E-state index in [2.05, 4.69) is 4.74 Å². The number of hydrogen-bond acceptors (Lipinski definition) is 3. The van der Waals surface area contributed by atoms with Crippen LogP contribution >= 0.6 is 12.4 Å². The number of benzene rings is 2. The molecule has 0 aliphatic rings. The Morgan fingerprint density at radius 3 is 2.14 bits per heavy atom. The van der Waals surface area contributed by atoms with E-state index < -0.39 is 12.4 Å². The van der Waals surface area contributed by atoms with E-state index in [0.717, 1.165) is 5.56 Å². The highest BCUT2D eigenvalue weighted by atomic mass is 35.5. The highest BCUT2D eigenvalue weighted by Gasteiger charge is 2.31. The fourth-order valence-electron chi connectivity index (χ4n) is 1.90. The third kappa shape index (κ3) is 4.82. The van der Waals surface area contributed by atoms with Gasteiger partial charge in [-0.1, -0.05) is 24.3 Å². The van der Waals surface area contributed by atoms with Crippen molar-refractivity contribution in [2.45, 2.75) is 12.4 Å². The molecular formula is C15H15ClF3NO2. The van der Waals surface area contributed by atoms with Crippen molar-refractivity contribution in [3.05, 3.63) is 59.7 Å². The molecule has 2 aromatic rings. The number of hydrogen-bond donors (Lipinski definition) is 1. The second-order valence-electron chi connectivity index (χ2n) is 4.37. The molecule has 3 nitrogen and oxygen atoms in total. The summed E-state index contributed by atoms with van der Waals surface area (Å²) in [6, 6.07) is 12.2. The highest BCUT2D eigenvalue weighted by molar-refractivity contribution is 5.85. The minimum atomic E-state index is -4.70. The first-order valence-corrected chi connectivity index (χ1v) is 6.14. The van der Waals surface area contributed by atoms with Crippen molar-refractivity contribution in [3.63, 3.8) is 0 Å². The predicted octanol–water partition coefficient (Wildman–Crippen LogP) is 4.06. The van der Waals surface area contributed by atoms with Crippen molar-refractivity contribution < 1.29 is 22.6 Å². The number of halogens is 4. The predicted molar refractivity (Wildman–Crippen MR) is 79.4 cm³/mol. The molecule has 0 unspecified atom stereocenters. The van der Waals surface area contributed by atoms with Gasteiger partial charge in [0.25, 0.3) is 0 Å². The second-order valence-corrected chi connectivity index (χ2v) is 4.37. The van der Waals surface area contributed by atoms with E-state index in [4.69, 9.17) is 10.5 Å². The largest absolute Gasteiger partial charge is 0.573 e. The fraction of sp³-hybridized carbons (Fsp3) is 0.200. The Balaban J connectivity index is 0.00000242. The maximum absolute atomic E-state index is 12.1. The smallest absolute Gasteiger partial charge is 0.497 e. The van der Waals surface area contributed by atoms with Gasteiger partial charge >= 0.3 is 6.36 Å². The van der Waals surface area contributed by atoms with E-state index in [0.29, 0.717) is 11.3 Å². The normalized spacial score (nSPS) is 12.2. The molecule has 2 N–H and O–H groups in total. The molecule has 0 saturated carbocycles. The average Bonchev–Trinajstić information content (AvgIpc) is 2.46. The summed E-state index contributed by atoms with van der Waals surface area (Å²) in [5.41, 5.74) is 7.58. The molecular weight excluding hydrogens is 319 g/mol. The molecule has 2 rings (SSSR count). The summed E-state index contributed by atoms with van der Waals surface area (Å²) < 4.78 is 45.2. The van der Waals surface area contributed by atoms with Crippen molar-refractivity contribution in [3.8, 4) is 11.5 Å². The Hall–Kier alpha value is -1.92. The Morgan fingerprint density at radius 2 is 1.59 bits per heavy atom. The molecule has 7 heteroatoms. The molecule has 0 bridgehead atoms. The number of ether oxygens (including phenoxy) is 2. The molecule has 2 aromatic carbocycles. The number of nitrogens with two attached hydrogens (primary N) is 1. The SMILES string of the molecule is COc1cccc([C@H](N)c2ccc(OC(F)(F)F)cc2)c1.Cl. The van der Waals surface area contributed by atoms with Gasteiger partial charge in [-0.25, -0.2) is 0 Å². The van der Waals surface area contributed by atoms with Crippen LogP contribution in [-0.2, 0) is 0 Å². The lowest BCUT2D eigenvalue weighted by atomic mass is 9.99. The summed E-state index contributed by atoms with van der Waals surface area (Å²) in [5.74, 6) is 0.393. The van der Waals surface area contributed by atoms with E-state index in [1.165, 1.54) is 24.3 Å². The highest BCUT2D eigenvalue weighted by Crippen LogP contribution is 2.27. The molecule has 120 valence electrons. The Morgan fingerprint density at radius 1 is 0.955 bits per heavy atom. The topological polar surface area (TPSA) is 44.5 Å². The molecule has 0 spiro atoms. The molecule has 0 saturated heterocycles. The van der Waals surface area contributed by atoms with E-state index in [1.807, 2.05) is 6.07 Å². The first kappa shape index (κ1) is 18.1. The molecule has 0 aliphatic heterocycles. The zero-order valence-electron chi connectivity index (χ0n) is 11.6. The van der Waals surface area contributed by atoms with Crippen molar-refractivity contribution >= 4 is 12.4 Å².